The van der Waals surface area contributed by atoms with E-state index in [-0.39, 0.29) is 5.41 Å². The first-order valence-corrected chi connectivity index (χ1v) is 9.18. The van der Waals surface area contributed by atoms with Gasteiger partial charge in [-0.1, -0.05) is 80.4 Å². The molecule has 1 heterocycles. The number of rotatable bonds is 3. The number of nitrogens with zero attached hydrogens (tertiary/aromatic N) is 1. The van der Waals surface area contributed by atoms with Gasteiger partial charge in [-0.3, -0.25) is 0 Å². The van der Waals surface area contributed by atoms with Gasteiger partial charge in [-0.2, -0.15) is 0 Å². The van der Waals surface area contributed by atoms with Gasteiger partial charge in [0.05, 0.1) is 6.04 Å². The molecular formula is C21H21Cl2NO2. The van der Waals surface area contributed by atoms with Crippen molar-refractivity contribution in [3.8, 4) is 0 Å². The highest BCUT2D eigenvalue weighted by molar-refractivity contribution is 6.58. The van der Waals surface area contributed by atoms with Crippen LogP contribution in [0, 0.1) is 5.41 Å². The number of hydrogen-bond donors (Lipinski definition) is 0. The first-order valence-electron chi connectivity index (χ1n) is 8.43. The molecule has 0 aromatic heterocycles. The van der Waals surface area contributed by atoms with E-state index in [1.54, 1.807) is 0 Å². The Hall–Kier alpha value is -1.97. The average molecular weight is 390 g/mol. The second kappa shape index (κ2) is 6.98. The van der Waals surface area contributed by atoms with Crippen LogP contribution in [-0.2, 0) is 9.53 Å². The van der Waals surface area contributed by atoms with E-state index in [0.29, 0.717) is 5.76 Å². The minimum Gasteiger partial charge on any atom is -0.428 e. The monoisotopic (exact) mass is 389 g/mol. The molecule has 0 spiro atoms. The predicted molar refractivity (Wildman–Crippen MR) is 107 cm³/mol. The maximum atomic E-state index is 12.6. The van der Waals surface area contributed by atoms with Gasteiger partial charge in [0.15, 0.2) is 0 Å². The van der Waals surface area contributed by atoms with E-state index in [4.69, 9.17) is 27.9 Å². The first-order chi connectivity index (χ1) is 12.2. The van der Waals surface area contributed by atoms with Gasteiger partial charge in [-0.15, -0.1) is 0 Å². The molecule has 1 aliphatic heterocycles. The molecule has 3 nitrogen and oxygen atoms in total. The molecule has 0 bridgehead atoms. The fourth-order valence-corrected chi connectivity index (χ4v) is 3.26. The molecule has 0 N–H and O–H groups in total. The number of allylic oxidation sites excluding steroid dienone is 1. The van der Waals surface area contributed by atoms with Gasteiger partial charge in [0.25, 0.3) is 0 Å². The van der Waals surface area contributed by atoms with Crippen LogP contribution in [-0.4, -0.2) is 16.3 Å². The molecule has 0 saturated heterocycles. The van der Waals surface area contributed by atoms with Crippen LogP contribution in [0.1, 0.15) is 20.8 Å². The van der Waals surface area contributed by atoms with E-state index in [2.05, 4.69) is 0 Å². The van der Waals surface area contributed by atoms with Crippen molar-refractivity contribution in [3.63, 3.8) is 0 Å². The maximum absolute atomic E-state index is 12.6. The topological polar surface area (TPSA) is 29.5 Å². The number of cyclic esters (lactones) is 1. The van der Waals surface area contributed by atoms with Crippen molar-refractivity contribution in [2.75, 3.05) is 4.90 Å². The third-order valence-corrected chi connectivity index (χ3v) is 5.00. The minimum absolute atomic E-state index is 0.350. The summed E-state index contributed by atoms with van der Waals surface area (Å²) < 4.78 is 3.71. The number of para-hydroxylation sites is 2. The summed E-state index contributed by atoms with van der Waals surface area (Å²) in [6.45, 7) is 5.94. The number of carbonyl (C=O) groups is 1. The standard InChI is InChI=1S/C21H21Cl2NO2/c1-20(2,3)18-14-17(21(22,23)19(25)26-18)24(15-10-6-4-7-11-15)16-12-8-5-9-13-16/h4-14,17H,1-3H3. The van der Waals surface area contributed by atoms with Crippen LogP contribution < -0.4 is 4.90 Å². The van der Waals surface area contributed by atoms with E-state index in [1.807, 2.05) is 92.4 Å². The summed E-state index contributed by atoms with van der Waals surface area (Å²) in [5, 5.41) is 0. The van der Waals surface area contributed by atoms with Gasteiger partial charge in [0, 0.05) is 16.8 Å². The Kier molecular flexibility index (Phi) is 5.05. The Morgan fingerprint density at radius 3 is 1.81 bits per heavy atom. The molecule has 3 rings (SSSR count). The molecule has 0 amide bonds. The number of hydrogen-bond acceptors (Lipinski definition) is 3. The Morgan fingerprint density at radius 2 is 1.38 bits per heavy atom. The van der Waals surface area contributed by atoms with Gasteiger partial charge in [0.2, 0.25) is 4.33 Å². The van der Waals surface area contributed by atoms with E-state index in [0.717, 1.165) is 11.4 Å². The van der Waals surface area contributed by atoms with Gasteiger partial charge >= 0.3 is 5.97 Å². The number of anilines is 2. The van der Waals surface area contributed by atoms with Crippen LogP contribution in [0.4, 0.5) is 11.4 Å². The third-order valence-electron chi connectivity index (χ3n) is 4.24. The number of ether oxygens (including phenoxy) is 1. The normalized spacial score (nSPS) is 19.5. The van der Waals surface area contributed by atoms with Crippen LogP contribution >= 0.6 is 23.2 Å². The zero-order valence-electron chi connectivity index (χ0n) is 14.9. The number of benzene rings is 2. The zero-order valence-corrected chi connectivity index (χ0v) is 16.5. The van der Waals surface area contributed by atoms with Crippen molar-refractivity contribution in [1.82, 2.24) is 0 Å². The van der Waals surface area contributed by atoms with Gasteiger partial charge in [-0.05, 0) is 30.3 Å². The van der Waals surface area contributed by atoms with Crippen molar-refractivity contribution in [2.24, 2.45) is 5.41 Å². The highest BCUT2D eigenvalue weighted by Crippen LogP contribution is 2.44. The lowest BCUT2D eigenvalue weighted by atomic mass is 9.90. The smallest absolute Gasteiger partial charge is 0.350 e. The van der Waals surface area contributed by atoms with Crippen molar-refractivity contribution >= 4 is 40.5 Å². The lowest BCUT2D eigenvalue weighted by Crippen LogP contribution is -2.52. The molecule has 136 valence electrons. The van der Waals surface area contributed by atoms with E-state index in [1.165, 1.54) is 0 Å². The summed E-state index contributed by atoms with van der Waals surface area (Å²) in [6.07, 6.45) is 1.85. The molecule has 5 heteroatoms. The molecular weight excluding hydrogens is 369 g/mol. The fourth-order valence-electron chi connectivity index (χ4n) is 2.86. The predicted octanol–water partition coefficient (Wildman–Crippen LogP) is 5.85. The zero-order chi connectivity index (χ0) is 18.9. The fraction of sp³-hybridized carbons (Fsp3) is 0.286. The van der Waals surface area contributed by atoms with Crippen LogP contribution in [0.25, 0.3) is 0 Å². The summed E-state index contributed by atoms with van der Waals surface area (Å²) in [7, 11) is 0. The Balaban J connectivity index is 2.19. The molecule has 0 radical (unpaired) electrons. The van der Waals surface area contributed by atoms with Crippen molar-refractivity contribution < 1.29 is 9.53 Å². The molecule has 0 saturated carbocycles. The number of esters is 1. The molecule has 1 atom stereocenters. The molecule has 2 aromatic carbocycles. The quantitative estimate of drug-likeness (QED) is 0.486. The molecule has 0 fully saturated rings. The molecule has 26 heavy (non-hydrogen) atoms. The van der Waals surface area contributed by atoms with Crippen LogP contribution in [0.2, 0.25) is 0 Å². The molecule has 2 aromatic rings. The van der Waals surface area contributed by atoms with Crippen LogP contribution in [0.15, 0.2) is 72.5 Å². The maximum Gasteiger partial charge on any atom is 0.350 e. The van der Waals surface area contributed by atoms with Gasteiger partial charge < -0.3 is 9.64 Å². The Bertz CT molecular complexity index is 771. The second-order valence-electron chi connectivity index (χ2n) is 7.28. The van der Waals surface area contributed by atoms with Crippen LogP contribution in [0.5, 0.6) is 0 Å². The summed E-state index contributed by atoms with van der Waals surface area (Å²) in [5.74, 6) is -0.101. The summed E-state index contributed by atoms with van der Waals surface area (Å²) in [5.41, 5.74) is 1.42. The third kappa shape index (κ3) is 3.60. The largest absolute Gasteiger partial charge is 0.428 e. The highest BCUT2D eigenvalue weighted by atomic mass is 35.5. The molecule has 1 aliphatic rings. The lowest BCUT2D eigenvalue weighted by Gasteiger charge is -2.41. The lowest BCUT2D eigenvalue weighted by molar-refractivity contribution is -0.143. The number of halogens is 2. The van der Waals surface area contributed by atoms with Crippen LogP contribution in [0.3, 0.4) is 0 Å². The molecule has 1 unspecified atom stereocenters. The SMILES string of the molecule is CC(C)(C)C1=CC(N(c2ccccc2)c2ccccc2)C(Cl)(Cl)C(=O)O1. The average Bonchev–Trinajstić information content (AvgIpc) is 2.60. The second-order valence-corrected chi connectivity index (χ2v) is 8.67. The van der Waals surface area contributed by atoms with Gasteiger partial charge in [-0.25, -0.2) is 4.79 Å². The van der Waals surface area contributed by atoms with Crippen molar-refractivity contribution in [1.29, 1.82) is 0 Å². The van der Waals surface area contributed by atoms with Crippen molar-refractivity contribution in [3.05, 3.63) is 72.5 Å². The van der Waals surface area contributed by atoms with E-state index >= 15 is 0 Å². The molecule has 0 aliphatic carbocycles. The highest BCUT2D eigenvalue weighted by Gasteiger charge is 2.51. The minimum atomic E-state index is -1.74. The summed E-state index contributed by atoms with van der Waals surface area (Å²) >= 11 is 13.0. The summed E-state index contributed by atoms with van der Waals surface area (Å²) in [6, 6.07) is 18.8. The van der Waals surface area contributed by atoms with Crippen molar-refractivity contribution in [2.45, 2.75) is 31.1 Å². The number of alkyl halides is 2. The first kappa shape index (κ1) is 18.8. The summed E-state index contributed by atoms with van der Waals surface area (Å²) in [4.78, 5) is 14.6. The van der Waals surface area contributed by atoms with E-state index in [9.17, 15) is 4.79 Å². The van der Waals surface area contributed by atoms with E-state index < -0.39 is 16.3 Å². The van der Waals surface area contributed by atoms with Gasteiger partial charge in [0.1, 0.15) is 5.76 Å². The number of carbonyl (C=O) groups excluding carboxylic acids is 1. The Morgan fingerprint density at radius 1 is 0.923 bits per heavy atom. The Labute approximate surface area is 164 Å².